The van der Waals surface area contributed by atoms with Crippen molar-refractivity contribution in [2.75, 3.05) is 26.2 Å². The topological polar surface area (TPSA) is 57.7 Å². The van der Waals surface area contributed by atoms with E-state index in [1.165, 1.54) is 0 Å². The molecule has 0 amide bonds. The van der Waals surface area contributed by atoms with Crippen molar-refractivity contribution in [1.82, 2.24) is 9.21 Å². The molecule has 2 fully saturated rings. The Morgan fingerprint density at radius 1 is 0.958 bits per heavy atom. The fraction of sp³-hybridized carbons (Fsp3) is 0.611. The second kappa shape index (κ2) is 7.76. The summed E-state index contributed by atoms with van der Waals surface area (Å²) in [6, 6.07) is 9.17. The van der Waals surface area contributed by atoms with Gasteiger partial charge in [-0.2, -0.15) is 4.31 Å². The second-order valence-electron chi connectivity index (χ2n) is 6.83. The molecule has 2 saturated heterocycles. The van der Waals surface area contributed by atoms with E-state index >= 15 is 0 Å². The number of hydrogen-bond acceptors (Lipinski definition) is 4. The van der Waals surface area contributed by atoms with E-state index in [9.17, 15) is 13.2 Å². The standard InChI is InChI=1S/C18H26N2O3S/c21-15-10-16-6-11-19(12-7-16)17-8-13-20(14-9-17)24(22,23)18-4-2-1-3-5-18/h1-5,15-17H,6-14H2. The molecule has 3 rings (SSSR count). The van der Waals surface area contributed by atoms with E-state index < -0.39 is 10.0 Å². The van der Waals surface area contributed by atoms with Crippen molar-refractivity contribution in [3.05, 3.63) is 30.3 Å². The van der Waals surface area contributed by atoms with Crippen molar-refractivity contribution in [2.45, 2.75) is 43.0 Å². The monoisotopic (exact) mass is 350 g/mol. The molecule has 1 aromatic rings. The van der Waals surface area contributed by atoms with Crippen molar-refractivity contribution >= 4 is 16.3 Å². The summed E-state index contributed by atoms with van der Waals surface area (Å²) < 4.78 is 27.0. The summed E-state index contributed by atoms with van der Waals surface area (Å²) in [5.41, 5.74) is 0. The lowest BCUT2D eigenvalue weighted by Gasteiger charge is -2.41. The van der Waals surface area contributed by atoms with Gasteiger partial charge in [-0.25, -0.2) is 8.42 Å². The van der Waals surface area contributed by atoms with Gasteiger partial charge in [0.1, 0.15) is 6.29 Å². The van der Waals surface area contributed by atoms with Gasteiger partial charge in [0.15, 0.2) is 0 Å². The van der Waals surface area contributed by atoms with Crippen molar-refractivity contribution in [3.63, 3.8) is 0 Å². The van der Waals surface area contributed by atoms with Crippen molar-refractivity contribution in [2.24, 2.45) is 5.92 Å². The number of carbonyl (C=O) groups is 1. The number of aldehydes is 1. The number of carbonyl (C=O) groups excluding carboxylic acids is 1. The molecule has 0 aliphatic carbocycles. The van der Waals surface area contributed by atoms with Crippen LogP contribution >= 0.6 is 0 Å². The summed E-state index contributed by atoms with van der Waals surface area (Å²) in [4.78, 5) is 13.5. The Morgan fingerprint density at radius 2 is 1.58 bits per heavy atom. The number of rotatable bonds is 5. The zero-order chi connectivity index (χ0) is 17.0. The SMILES string of the molecule is O=CCC1CCN(C2CCN(S(=O)(=O)c3ccccc3)CC2)CC1. The van der Waals surface area contributed by atoms with E-state index in [0.29, 0.717) is 36.4 Å². The first-order valence-corrected chi connectivity index (χ1v) is 10.3. The molecule has 1 aromatic carbocycles. The van der Waals surface area contributed by atoms with Crippen LogP contribution in [0.1, 0.15) is 32.1 Å². The van der Waals surface area contributed by atoms with Gasteiger partial charge in [-0.15, -0.1) is 0 Å². The highest BCUT2D eigenvalue weighted by Gasteiger charge is 2.32. The van der Waals surface area contributed by atoms with Gasteiger partial charge < -0.3 is 9.69 Å². The lowest BCUT2D eigenvalue weighted by Crippen LogP contribution is -2.49. The van der Waals surface area contributed by atoms with Crippen LogP contribution in [0.2, 0.25) is 0 Å². The third kappa shape index (κ3) is 3.87. The van der Waals surface area contributed by atoms with Crippen LogP contribution in [0.5, 0.6) is 0 Å². The molecule has 5 nitrogen and oxygen atoms in total. The van der Waals surface area contributed by atoms with E-state index in [2.05, 4.69) is 4.90 Å². The highest BCUT2D eigenvalue weighted by Crippen LogP contribution is 2.27. The Bertz CT molecular complexity index is 631. The molecule has 6 heteroatoms. The predicted octanol–water partition coefficient (Wildman–Crippen LogP) is 2.14. The molecule has 0 N–H and O–H groups in total. The molecule has 0 radical (unpaired) electrons. The smallest absolute Gasteiger partial charge is 0.243 e. The van der Waals surface area contributed by atoms with Gasteiger partial charge >= 0.3 is 0 Å². The molecule has 0 saturated carbocycles. The first-order valence-electron chi connectivity index (χ1n) is 8.84. The molecule has 24 heavy (non-hydrogen) atoms. The van der Waals surface area contributed by atoms with Gasteiger partial charge in [0, 0.05) is 25.6 Å². The summed E-state index contributed by atoms with van der Waals surface area (Å²) >= 11 is 0. The first kappa shape index (κ1) is 17.6. The van der Waals surface area contributed by atoms with Gasteiger partial charge in [0.2, 0.25) is 10.0 Å². The molecule has 0 aromatic heterocycles. The van der Waals surface area contributed by atoms with Crippen LogP contribution in [0.15, 0.2) is 35.2 Å². The Morgan fingerprint density at radius 3 is 2.17 bits per heavy atom. The molecule has 0 unspecified atom stereocenters. The van der Waals surface area contributed by atoms with Crippen LogP contribution in [0, 0.1) is 5.92 Å². The Labute approximate surface area is 144 Å². The number of benzene rings is 1. The summed E-state index contributed by atoms with van der Waals surface area (Å²) in [7, 11) is -3.36. The van der Waals surface area contributed by atoms with Crippen LogP contribution in [-0.2, 0) is 14.8 Å². The predicted molar refractivity (Wildman–Crippen MR) is 93.2 cm³/mol. The van der Waals surface area contributed by atoms with Crippen LogP contribution in [-0.4, -0.2) is 56.1 Å². The Balaban J connectivity index is 1.54. The van der Waals surface area contributed by atoms with Gasteiger partial charge in [0.05, 0.1) is 4.90 Å². The van der Waals surface area contributed by atoms with E-state index in [4.69, 9.17) is 0 Å². The maximum atomic E-state index is 12.7. The molecule has 0 atom stereocenters. The van der Waals surface area contributed by atoms with Gasteiger partial charge in [0.25, 0.3) is 0 Å². The summed E-state index contributed by atoms with van der Waals surface area (Å²) in [6.45, 7) is 3.26. The lowest BCUT2D eigenvalue weighted by atomic mass is 9.92. The van der Waals surface area contributed by atoms with Crippen molar-refractivity contribution < 1.29 is 13.2 Å². The normalized spacial score (nSPS) is 22.5. The molecular weight excluding hydrogens is 324 g/mol. The van der Waals surface area contributed by atoms with Crippen molar-refractivity contribution in [3.8, 4) is 0 Å². The number of sulfonamides is 1. The molecule has 132 valence electrons. The van der Waals surface area contributed by atoms with E-state index in [-0.39, 0.29) is 0 Å². The van der Waals surface area contributed by atoms with Crippen LogP contribution in [0.25, 0.3) is 0 Å². The lowest BCUT2D eigenvalue weighted by molar-refractivity contribution is -0.109. The minimum Gasteiger partial charge on any atom is -0.303 e. The van der Waals surface area contributed by atoms with E-state index in [1.807, 2.05) is 6.07 Å². The maximum Gasteiger partial charge on any atom is 0.243 e. The van der Waals surface area contributed by atoms with Crippen LogP contribution in [0.3, 0.4) is 0 Å². The van der Waals surface area contributed by atoms with Crippen LogP contribution < -0.4 is 0 Å². The van der Waals surface area contributed by atoms with E-state index in [1.54, 1.807) is 28.6 Å². The number of piperidine rings is 2. The number of likely N-dealkylation sites (tertiary alicyclic amines) is 1. The van der Waals surface area contributed by atoms with Gasteiger partial charge in [-0.1, -0.05) is 18.2 Å². The fourth-order valence-electron chi connectivity index (χ4n) is 3.88. The quantitative estimate of drug-likeness (QED) is 0.764. The Kier molecular flexibility index (Phi) is 5.69. The number of nitrogens with zero attached hydrogens (tertiary/aromatic N) is 2. The molecule has 2 heterocycles. The molecule has 0 spiro atoms. The van der Waals surface area contributed by atoms with Gasteiger partial charge in [-0.3, -0.25) is 0 Å². The molecule has 2 aliphatic heterocycles. The highest BCUT2D eigenvalue weighted by molar-refractivity contribution is 7.89. The minimum atomic E-state index is -3.36. The molecule has 0 bridgehead atoms. The second-order valence-corrected chi connectivity index (χ2v) is 8.77. The van der Waals surface area contributed by atoms with Crippen LogP contribution in [0.4, 0.5) is 0 Å². The average molecular weight is 350 g/mol. The average Bonchev–Trinajstić information content (AvgIpc) is 2.63. The summed E-state index contributed by atoms with van der Waals surface area (Å²) in [6.07, 6.45) is 5.67. The molecule has 2 aliphatic rings. The van der Waals surface area contributed by atoms with E-state index in [0.717, 1.165) is 45.1 Å². The first-order chi connectivity index (χ1) is 11.6. The largest absolute Gasteiger partial charge is 0.303 e. The zero-order valence-electron chi connectivity index (χ0n) is 14.0. The summed E-state index contributed by atoms with van der Waals surface area (Å²) in [5, 5.41) is 0. The Hall–Kier alpha value is -1.24. The zero-order valence-corrected chi connectivity index (χ0v) is 14.8. The highest BCUT2D eigenvalue weighted by atomic mass is 32.2. The minimum absolute atomic E-state index is 0.387. The van der Waals surface area contributed by atoms with Gasteiger partial charge in [-0.05, 0) is 56.8 Å². The number of hydrogen-bond donors (Lipinski definition) is 0. The fourth-order valence-corrected chi connectivity index (χ4v) is 5.37. The summed E-state index contributed by atoms with van der Waals surface area (Å²) in [5.74, 6) is 0.539. The molecular formula is C18H26N2O3S. The van der Waals surface area contributed by atoms with Crippen molar-refractivity contribution in [1.29, 1.82) is 0 Å². The third-order valence-electron chi connectivity index (χ3n) is 5.40. The third-order valence-corrected chi connectivity index (χ3v) is 7.31. The maximum absolute atomic E-state index is 12.7.